The third-order valence-electron chi connectivity index (χ3n) is 1.57. The highest BCUT2D eigenvalue weighted by Crippen LogP contribution is 1.98. The fraction of sp³-hybridized carbons (Fsp3) is 0.778. The molecule has 0 aliphatic heterocycles. The van der Waals surface area contributed by atoms with Crippen LogP contribution >= 0.6 is 0 Å². The van der Waals surface area contributed by atoms with Gasteiger partial charge in [-0.05, 0) is 27.7 Å². The average Bonchev–Trinajstić information content (AvgIpc) is 2.02. The van der Waals surface area contributed by atoms with Crippen molar-refractivity contribution in [1.82, 2.24) is 5.32 Å². The largest absolute Gasteiger partial charge is 0.464 e. The number of carbonyl (C=O) groups excluding carboxylic acids is 2. The number of esters is 1. The third kappa shape index (κ3) is 4.23. The number of nitrogens with one attached hydrogen (secondary N) is 1. The summed E-state index contributed by atoms with van der Waals surface area (Å²) in [6.45, 7) is 6.70. The van der Waals surface area contributed by atoms with E-state index in [1.54, 1.807) is 27.7 Å². The lowest BCUT2D eigenvalue weighted by atomic mass is 10.1. The van der Waals surface area contributed by atoms with Crippen LogP contribution < -0.4 is 11.1 Å². The van der Waals surface area contributed by atoms with E-state index in [0.29, 0.717) is 6.61 Å². The maximum atomic E-state index is 11.3. The van der Waals surface area contributed by atoms with Crippen molar-refractivity contribution < 1.29 is 14.3 Å². The fourth-order valence-corrected chi connectivity index (χ4v) is 0.709. The van der Waals surface area contributed by atoms with Gasteiger partial charge >= 0.3 is 5.97 Å². The quantitative estimate of drug-likeness (QED) is 0.618. The SMILES string of the molecule is CCOC(=O)C(C)NC(=O)C(C)(C)N. The summed E-state index contributed by atoms with van der Waals surface area (Å²) in [6, 6.07) is -0.662. The Morgan fingerprint density at radius 1 is 1.50 bits per heavy atom. The minimum Gasteiger partial charge on any atom is -0.464 e. The minimum absolute atomic E-state index is 0.297. The summed E-state index contributed by atoms with van der Waals surface area (Å²) in [5.41, 5.74) is 4.55. The first-order valence-corrected chi connectivity index (χ1v) is 4.55. The van der Waals surface area contributed by atoms with Crippen LogP contribution in [0.5, 0.6) is 0 Å². The summed E-state index contributed by atoms with van der Waals surface area (Å²) in [6.07, 6.45) is 0. The van der Waals surface area contributed by atoms with E-state index in [0.717, 1.165) is 0 Å². The van der Waals surface area contributed by atoms with Gasteiger partial charge in [-0.2, -0.15) is 0 Å². The van der Waals surface area contributed by atoms with Crippen molar-refractivity contribution in [3.05, 3.63) is 0 Å². The summed E-state index contributed by atoms with van der Waals surface area (Å²) in [7, 11) is 0. The summed E-state index contributed by atoms with van der Waals surface area (Å²) < 4.78 is 4.72. The van der Waals surface area contributed by atoms with Crippen molar-refractivity contribution in [2.75, 3.05) is 6.61 Å². The molecule has 5 nitrogen and oxygen atoms in total. The summed E-state index contributed by atoms with van der Waals surface area (Å²) in [5, 5.41) is 2.47. The molecule has 1 amide bonds. The van der Waals surface area contributed by atoms with Gasteiger partial charge in [0.15, 0.2) is 0 Å². The molecule has 0 fully saturated rings. The maximum absolute atomic E-state index is 11.3. The Hall–Kier alpha value is -1.10. The van der Waals surface area contributed by atoms with Crippen molar-refractivity contribution in [3.8, 4) is 0 Å². The molecular weight excluding hydrogens is 184 g/mol. The topological polar surface area (TPSA) is 81.4 Å². The summed E-state index contributed by atoms with van der Waals surface area (Å²) in [5.74, 6) is -0.830. The lowest BCUT2D eigenvalue weighted by Crippen LogP contribution is -2.53. The van der Waals surface area contributed by atoms with Crippen LogP contribution in [0.4, 0.5) is 0 Å². The first-order valence-electron chi connectivity index (χ1n) is 4.55. The molecule has 0 aromatic rings. The van der Waals surface area contributed by atoms with Gasteiger partial charge in [-0.25, -0.2) is 4.79 Å². The van der Waals surface area contributed by atoms with E-state index in [1.807, 2.05) is 0 Å². The molecule has 0 heterocycles. The molecule has 1 atom stereocenters. The van der Waals surface area contributed by atoms with Gasteiger partial charge < -0.3 is 15.8 Å². The summed E-state index contributed by atoms with van der Waals surface area (Å²) >= 11 is 0. The second-order valence-electron chi connectivity index (χ2n) is 3.67. The Morgan fingerprint density at radius 3 is 2.36 bits per heavy atom. The number of rotatable bonds is 4. The molecule has 0 radical (unpaired) electrons. The number of hydrogen-bond acceptors (Lipinski definition) is 4. The van der Waals surface area contributed by atoms with Gasteiger partial charge in [0.1, 0.15) is 6.04 Å². The van der Waals surface area contributed by atoms with E-state index < -0.39 is 17.6 Å². The zero-order valence-electron chi connectivity index (χ0n) is 9.09. The third-order valence-corrected chi connectivity index (χ3v) is 1.57. The number of ether oxygens (including phenoxy) is 1. The van der Waals surface area contributed by atoms with Gasteiger partial charge in [-0.1, -0.05) is 0 Å². The van der Waals surface area contributed by atoms with Gasteiger partial charge in [0.05, 0.1) is 12.1 Å². The molecule has 0 aliphatic rings. The maximum Gasteiger partial charge on any atom is 0.328 e. The molecule has 0 bridgehead atoms. The molecule has 0 aliphatic carbocycles. The Morgan fingerprint density at radius 2 is 2.00 bits per heavy atom. The molecule has 0 aromatic heterocycles. The van der Waals surface area contributed by atoms with Gasteiger partial charge in [0.2, 0.25) is 5.91 Å². The molecule has 0 rings (SSSR count). The van der Waals surface area contributed by atoms with E-state index in [-0.39, 0.29) is 5.91 Å². The molecule has 0 saturated heterocycles. The normalized spacial score (nSPS) is 13.2. The molecule has 5 heteroatoms. The lowest BCUT2D eigenvalue weighted by molar-refractivity contribution is -0.147. The monoisotopic (exact) mass is 202 g/mol. The molecule has 82 valence electrons. The zero-order chi connectivity index (χ0) is 11.4. The molecule has 0 aromatic carbocycles. The molecule has 3 N–H and O–H groups in total. The fourth-order valence-electron chi connectivity index (χ4n) is 0.709. The standard InChI is InChI=1S/C9H18N2O3/c1-5-14-7(12)6(2)11-8(13)9(3,4)10/h6H,5,10H2,1-4H3,(H,11,13). The molecular formula is C9H18N2O3. The highest BCUT2D eigenvalue weighted by molar-refractivity contribution is 5.89. The van der Waals surface area contributed by atoms with Gasteiger partial charge in [-0.3, -0.25) is 4.79 Å². The van der Waals surface area contributed by atoms with Crippen LogP contribution in [-0.4, -0.2) is 30.1 Å². The van der Waals surface area contributed by atoms with Crippen molar-refractivity contribution >= 4 is 11.9 Å². The number of hydrogen-bond donors (Lipinski definition) is 2. The van der Waals surface area contributed by atoms with Crippen LogP contribution in [0.3, 0.4) is 0 Å². The molecule has 0 spiro atoms. The van der Waals surface area contributed by atoms with E-state index in [9.17, 15) is 9.59 Å². The zero-order valence-corrected chi connectivity index (χ0v) is 9.09. The number of nitrogens with two attached hydrogens (primary N) is 1. The van der Waals surface area contributed by atoms with Crippen molar-refractivity contribution in [3.63, 3.8) is 0 Å². The molecule has 14 heavy (non-hydrogen) atoms. The first-order chi connectivity index (χ1) is 6.29. The second-order valence-corrected chi connectivity index (χ2v) is 3.67. The highest BCUT2D eigenvalue weighted by Gasteiger charge is 2.25. The van der Waals surface area contributed by atoms with Gasteiger partial charge in [-0.15, -0.1) is 0 Å². The van der Waals surface area contributed by atoms with Crippen LogP contribution in [0.1, 0.15) is 27.7 Å². The summed E-state index contributed by atoms with van der Waals surface area (Å²) in [4.78, 5) is 22.5. The molecule has 1 unspecified atom stereocenters. The average molecular weight is 202 g/mol. The van der Waals surface area contributed by atoms with E-state index in [2.05, 4.69) is 5.32 Å². The second kappa shape index (κ2) is 4.95. The van der Waals surface area contributed by atoms with Crippen LogP contribution in [0, 0.1) is 0 Å². The van der Waals surface area contributed by atoms with E-state index in [1.165, 1.54) is 0 Å². The van der Waals surface area contributed by atoms with E-state index >= 15 is 0 Å². The van der Waals surface area contributed by atoms with Crippen molar-refractivity contribution in [2.45, 2.75) is 39.3 Å². The van der Waals surface area contributed by atoms with Crippen LogP contribution in [-0.2, 0) is 14.3 Å². The predicted octanol–water partition coefficient (Wildman–Crippen LogP) is -0.208. The number of carbonyl (C=O) groups is 2. The predicted molar refractivity (Wildman–Crippen MR) is 52.5 cm³/mol. The highest BCUT2D eigenvalue weighted by atomic mass is 16.5. The molecule has 0 saturated carbocycles. The Balaban J connectivity index is 4.13. The van der Waals surface area contributed by atoms with E-state index in [4.69, 9.17) is 10.5 Å². The Bertz CT molecular complexity index is 221. The first kappa shape index (κ1) is 12.9. The van der Waals surface area contributed by atoms with Crippen molar-refractivity contribution in [1.29, 1.82) is 0 Å². The van der Waals surface area contributed by atoms with Crippen molar-refractivity contribution in [2.24, 2.45) is 5.73 Å². The van der Waals surface area contributed by atoms with Crippen LogP contribution in [0.2, 0.25) is 0 Å². The minimum atomic E-state index is -0.985. The van der Waals surface area contributed by atoms with Crippen LogP contribution in [0.25, 0.3) is 0 Å². The Labute approximate surface area is 84.0 Å². The van der Waals surface area contributed by atoms with Gasteiger partial charge in [0.25, 0.3) is 0 Å². The Kier molecular flexibility index (Phi) is 4.56. The number of amides is 1. The smallest absolute Gasteiger partial charge is 0.328 e. The van der Waals surface area contributed by atoms with Gasteiger partial charge in [0, 0.05) is 0 Å². The lowest BCUT2D eigenvalue weighted by Gasteiger charge is -2.20. The van der Waals surface area contributed by atoms with Crippen LogP contribution in [0.15, 0.2) is 0 Å².